The number of fused-ring (bicyclic) bond motifs is 2. The summed E-state index contributed by atoms with van der Waals surface area (Å²) in [5.41, 5.74) is 1.61. The Labute approximate surface area is 167 Å². The van der Waals surface area contributed by atoms with Gasteiger partial charge in [0.1, 0.15) is 0 Å². The zero-order chi connectivity index (χ0) is 20.2. The molecule has 0 radical (unpaired) electrons. The zero-order valence-corrected chi connectivity index (χ0v) is 15.7. The number of amides is 1. The third-order valence-electron chi connectivity index (χ3n) is 4.37. The lowest BCUT2D eigenvalue weighted by Gasteiger charge is -2.12. The molecule has 8 heteroatoms. The molecular formula is C21H19NO7. The molecule has 2 aromatic carbocycles. The van der Waals surface area contributed by atoms with E-state index < -0.39 is 18.0 Å². The molecule has 1 unspecified atom stereocenters. The number of hydrogen-bond acceptors (Lipinski definition) is 7. The number of esters is 1. The Morgan fingerprint density at radius 3 is 2.41 bits per heavy atom. The number of nitrogens with one attached hydrogen (secondary N) is 1. The van der Waals surface area contributed by atoms with Crippen LogP contribution in [0.1, 0.15) is 18.1 Å². The lowest BCUT2D eigenvalue weighted by molar-refractivity contribution is -0.150. The van der Waals surface area contributed by atoms with E-state index in [9.17, 15) is 9.59 Å². The van der Waals surface area contributed by atoms with Crippen LogP contribution >= 0.6 is 0 Å². The SMILES string of the molecule is CC(OC(=O)/C=C/c1ccc2c(c1)OCO2)C(=O)NCc1ccc2c(c1)OCO2. The standard InChI is InChI=1S/C21H19NO7/c1-13(21(24)22-10-15-3-6-17-19(9-15)28-12-26-17)29-20(23)7-4-14-2-5-16-18(8-14)27-11-25-16/h2-9,13H,10-12H2,1H3,(H,22,24)/b7-4+. The number of benzene rings is 2. The Morgan fingerprint density at radius 2 is 1.66 bits per heavy atom. The van der Waals surface area contributed by atoms with Crippen LogP contribution < -0.4 is 24.3 Å². The van der Waals surface area contributed by atoms with E-state index in [0.717, 1.165) is 11.1 Å². The van der Waals surface area contributed by atoms with Gasteiger partial charge in [-0.2, -0.15) is 0 Å². The van der Waals surface area contributed by atoms with Crippen molar-refractivity contribution in [1.29, 1.82) is 0 Å². The van der Waals surface area contributed by atoms with Crippen LogP contribution in [0.15, 0.2) is 42.5 Å². The summed E-state index contributed by atoms with van der Waals surface area (Å²) in [6.07, 6.45) is 1.92. The summed E-state index contributed by atoms with van der Waals surface area (Å²) in [7, 11) is 0. The molecule has 150 valence electrons. The molecule has 8 nitrogen and oxygen atoms in total. The number of carbonyl (C=O) groups excluding carboxylic acids is 2. The Hall–Kier alpha value is -3.68. The van der Waals surface area contributed by atoms with E-state index in [2.05, 4.69) is 5.32 Å². The van der Waals surface area contributed by atoms with Crippen molar-refractivity contribution >= 4 is 18.0 Å². The van der Waals surface area contributed by atoms with E-state index in [-0.39, 0.29) is 20.1 Å². The van der Waals surface area contributed by atoms with Gasteiger partial charge in [-0.25, -0.2) is 4.79 Å². The summed E-state index contributed by atoms with van der Waals surface area (Å²) in [5.74, 6) is 1.59. The van der Waals surface area contributed by atoms with Gasteiger partial charge in [-0.3, -0.25) is 4.79 Å². The van der Waals surface area contributed by atoms with Gasteiger partial charge in [0.25, 0.3) is 5.91 Å². The Balaban J connectivity index is 1.26. The first-order valence-electron chi connectivity index (χ1n) is 9.03. The lowest BCUT2D eigenvalue weighted by atomic mass is 10.2. The maximum atomic E-state index is 12.2. The predicted molar refractivity (Wildman–Crippen MR) is 102 cm³/mol. The van der Waals surface area contributed by atoms with Gasteiger partial charge in [-0.05, 0) is 48.4 Å². The molecule has 2 aliphatic heterocycles. The molecule has 1 amide bonds. The third kappa shape index (κ3) is 4.43. The monoisotopic (exact) mass is 397 g/mol. The molecule has 0 bridgehead atoms. The van der Waals surface area contributed by atoms with Gasteiger partial charge in [-0.1, -0.05) is 12.1 Å². The minimum absolute atomic E-state index is 0.184. The summed E-state index contributed by atoms with van der Waals surface area (Å²) in [5, 5.41) is 2.73. The average molecular weight is 397 g/mol. The van der Waals surface area contributed by atoms with Crippen molar-refractivity contribution in [3.05, 3.63) is 53.6 Å². The minimum Gasteiger partial charge on any atom is -0.454 e. The second-order valence-electron chi connectivity index (χ2n) is 6.43. The molecule has 0 spiro atoms. The molecule has 29 heavy (non-hydrogen) atoms. The third-order valence-corrected chi connectivity index (χ3v) is 4.37. The van der Waals surface area contributed by atoms with Gasteiger partial charge in [0.2, 0.25) is 13.6 Å². The molecule has 0 aliphatic carbocycles. The first-order chi connectivity index (χ1) is 14.1. The summed E-state index contributed by atoms with van der Waals surface area (Å²) < 4.78 is 26.2. The van der Waals surface area contributed by atoms with Gasteiger partial charge in [0, 0.05) is 12.6 Å². The summed E-state index contributed by atoms with van der Waals surface area (Å²) in [6.45, 7) is 2.17. The molecule has 2 aromatic rings. The van der Waals surface area contributed by atoms with E-state index in [0.29, 0.717) is 23.0 Å². The lowest BCUT2D eigenvalue weighted by Crippen LogP contribution is -2.35. The minimum atomic E-state index is -0.932. The average Bonchev–Trinajstić information content (AvgIpc) is 3.38. The van der Waals surface area contributed by atoms with E-state index >= 15 is 0 Å². The normalized spacial score (nSPS) is 14.7. The molecule has 0 fully saturated rings. The number of ether oxygens (including phenoxy) is 5. The van der Waals surface area contributed by atoms with Gasteiger partial charge in [0.05, 0.1) is 0 Å². The smallest absolute Gasteiger partial charge is 0.331 e. The van der Waals surface area contributed by atoms with Crippen molar-refractivity contribution in [2.45, 2.75) is 19.6 Å². The van der Waals surface area contributed by atoms with Gasteiger partial charge < -0.3 is 29.0 Å². The van der Waals surface area contributed by atoms with Crippen LogP contribution in [0.5, 0.6) is 23.0 Å². The number of carbonyl (C=O) groups is 2. The Kier molecular flexibility index (Phi) is 5.24. The van der Waals surface area contributed by atoms with Crippen LogP contribution in [-0.4, -0.2) is 31.6 Å². The highest BCUT2D eigenvalue weighted by molar-refractivity contribution is 5.90. The van der Waals surface area contributed by atoms with Crippen LogP contribution in [0, 0.1) is 0 Å². The van der Waals surface area contributed by atoms with Crippen molar-refractivity contribution in [1.82, 2.24) is 5.32 Å². The van der Waals surface area contributed by atoms with Gasteiger partial charge in [-0.15, -0.1) is 0 Å². The molecule has 4 rings (SSSR count). The topological polar surface area (TPSA) is 92.3 Å². The predicted octanol–water partition coefficient (Wildman–Crippen LogP) is 2.41. The highest BCUT2D eigenvalue weighted by Gasteiger charge is 2.18. The Morgan fingerprint density at radius 1 is 1.00 bits per heavy atom. The molecule has 2 aliphatic rings. The van der Waals surface area contributed by atoms with Crippen molar-refractivity contribution < 1.29 is 33.3 Å². The molecule has 2 heterocycles. The van der Waals surface area contributed by atoms with E-state index in [1.165, 1.54) is 13.0 Å². The van der Waals surface area contributed by atoms with E-state index in [1.807, 2.05) is 6.07 Å². The van der Waals surface area contributed by atoms with E-state index in [4.69, 9.17) is 23.7 Å². The second-order valence-corrected chi connectivity index (χ2v) is 6.43. The van der Waals surface area contributed by atoms with Crippen molar-refractivity contribution in [2.24, 2.45) is 0 Å². The van der Waals surface area contributed by atoms with Crippen LogP contribution in [0.2, 0.25) is 0 Å². The Bertz CT molecular complexity index is 969. The molecular weight excluding hydrogens is 378 g/mol. The van der Waals surface area contributed by atoms with Crippen molar-refractivity contribution in [3.63, 3.8) is 0 Å². The molecule has 1 N–H and O–H groups in total. The number of rotatable bonds is 6. The van der Waals surface area contributed by atoms with Gasteiger partial charge in [0.15, 0.2) is 29.1 Å². The van der Waals surface area contributed by atoms with E-state index in [1.54, 1.807) is 36.4 Å². The van der Waals surface area contributed by atoms with Crippen molar-refractivity contribution in [3.8, 4) is 23.0 Å². The molecule has 1 atom stereocenters. The number of hydrogen-bond donors (Lipinski definition) is 1. The zero-order valence-electron chi connectivity index (χ0n) is 15.7. The molecule has 0 saturated carbocycles. The van der Waals surface area contributed by atoms with Crippen LogP contribution in [0.25, 0.3) is 6.08 Å². The largest absolute Gasteiger partial charge is 0.454 e. The quantitative estimate of drug-likeness (QED) is 0.591. The van der Waals surface area contributed by atoms with Crippen molar-refractivity contribution in [2.75, 3.05) is 13.6 Å². The van der Waals surface area contributed by atoms with Crippen LogP contribution in [0.4, 0.5) is 0 Å². The summed E-state index contributed by atoms with van der Waals surface area (Å²) in [6, 6.07) is 10.7. The summed E-state index contributed by atoms with van der Waals surface area (Å²) in [4.78, 5) is 24.2. The maximum absolute atomic E-state index is 12.2. The molecule has 0 aromatic heterocycles. The fourth-order valence-electron chi connectivity index (χ4n) is 2.83. The fourth-order valence-corrected chi connectivity index (χ4v) is 2.83. The van der Waals surface area contributed by atoms with Gasteiger partial charge >= 0.3 is 5.97 Å². The maximum Gasteiger partial charge on any atom is 0.331 e. The highest BCUT2D eigenvalue weighted by atomic mass is 16.7. The first-order valence-corrected chi connectivity index (χ1v) is 9.03. The fraction of sp³-hybridized carbons (Fsp3) is 0.238. The van der Waals surface area contributed by atoms with Crippen LogP contribution in [-0.2, 0) is 20.9 Å². The first kappa shape index (κ1) is 18.7. The summed E-state index contributed by atoms with van der Waals surface area (Å²) >= 11 is 0. The second kappa shape index (κ2) is 8.14. The molecule has 0 saturated heterocycles. The van der Waals surface area contributed by atoms with Crippen LogP contribution in [0.3, 0.4) is 0 Å². The highest BCUT2D eigenvalue weighted by Crippen LogP contribution is 2.33.